The minimum atomic E-state index is -0.0771. The topological polar surface area (TPSA) is 52.6 Å². The maximum Gasteiger partial charge on any atom is 0.244 e. The van der Waals surface area contributed by atoms with E-state index in [0.717, 1.165) is 30.6 Å². The minimum absolute atomic E-state index is 0.0771. The molecule has 18 heavy (non-hydrogen) atoms. The Hall–Kier alpha value is -1.55. The number of hydrogen-bond donors (Lipinski definition) is 2. The van der Waals surface area contributed by atoms with E-state index < -0.39 is 0 Å². The predicted octanol–water partition coefficient (Wildman–Crippen LogP) is 1.81. The maximum atomic E-state index is 12.4. The Morgan fingerprint density at radius 2 is 2.33 bits per heavy atom. The molecule has 2 N–H and O–H groups in total. The second kappa shape index (κ2) is 5.40. The summed E-state index contributed by atoms with van der Waals surface area (Å²) in [5.74, 6) is 0.296. The van der Waals surface area contributed by atoms with Crippen LogP contribution >= 0.6 is 0 Å². The number of nitrogens with zero attached hydrogens (tertiary/aromatic N) is 1. The van der Waals surface area contributed by atoms with Crippen LogP contribution in [0.5, 0.6) is 5.75 Å². The summed E-state index contributed by atoms with van der Waals surface area (Å²) in [6.45, 7) is 5.43. The highest BCUT2D eigenvalue weighted by atomic mass is 16.3. The molecule has 4 heteroatoms. The molecular formula is C14H20N2O2. The van der Waals surface area contributed by atoms with Crippen LogP contribution in [-0.2, 0) is 4.79 Å². The fraction of sp³-hybridized carbons (Fsp3) is 0.500. The first-order chi connectivity index (χ1) is 8.63. The van der Waals surface area contributed by atoms with Crippen LogP contribution < -0.4 is 10.2 Å². The number of aromatic hydroxyl groups is 1. The number of phenolic OH excluding ortho intramolecular Hbond substituents is 1. The van der Waals surface area contributed by atoms with Crippen LogP contribution in [0.25, 0.3) is 0 Å². The van der Waals surface area contributed by atoms with Crippen molar-refractivity contribution >= 4 is 11.6 Å². The molecular weight excluding hydrogens is 228 g/mol. The van der Waals surface area contributed by atoms with Crippen molar-refractivity contribution in [3.8, 4) is 5.75 Å². The number of benzene rings is 1. The summed E-state index contributed by atoms with van der Waals surface area (Å²) >= 11 is 0. The average molecular weight is 248 g/mol. The van der Waals surface area contributed by atoms with Crippen LogP contribution in [0.1, 0.15) is 25.3 Å². The van der Waals surface area contributed by atoms with Gasteiger partial charge in [0.1, 0.15) is 5.75 Å². The number of carbonyl (C=O) groups excluding carboxylic acids is 1. The molecule has 2 rings (SSSR count). The van der Waals surface area contributed by atoms with Gasteiger partial charge in [0.25, 0.3) is 0 Å². The first-order valence-electron chi connectivity index (χ1n) is 6.48. The van der Waals surface area contributed by atoms with Crippen LogP contribution in [-0.4, -0.2) is 30.1 Å². The van der Waals surface area contributed by atoms with Crippen molar-refractivity contribution in [3.05, 3.63) is 23.8 Å². The molecule has 1 heterocycles. The van der Waals surface area contributed by atoms with Crippen LogP contribution in [0.4, 0.5) is 5.69 Å². The van der Waals surface area contributed by atoms with E-state index in [1.807, 2.05) is 19.9 Å². The van der Waals surface area contributed by atoms with Crippen molar-refractivity contribution in [1.82, 2.24) is 5.32 Å². The SMILES string of the molecule is CCN(C(=O)[C@H]1CCCN1)c1cc(O)ccc1C. The standard InChI is InChI=1S/C14H20N2O2/c1-3-16(14(18)12-5-4-8-15-12)13-9-11(17)7-6-10(13)2/h6-7,9,12,15,17H,3-5,8H2,1-2H3/t12-/m1/s1. The van der Waals surface area contributed by atoms with Crippen molar-refractivity contribution in [2.75, 3.05) is 18.0 Å². The van der Waals surface area contributed by atoms with Crippen molar-refractivity contribution in [2.45, 2.75) is 32.7 Å². The molecule has 0 saturated carbocycles. The minimum Gasteiger partial charge on any atom is -0.508 e. The summed E-state index contributed by atoms with van der Waals surface area (Å²) in [5.41, 5.74) is 1.80. The lowest BCUT2D eigenvalue weighted by atomic mass is 10.1. The van der Waals surface area contributed by atoms with Crippen molar-refractivity contribution in [2.24, 2.45) is 0 Å². The highest BCUT2D eigenvalue weighted by Crippen LogP contribution is 2.26. The summed E-state index contributed by atoms with van der Waals surface area (Å²) in [4.78, 5) is 14.2. The van der Waals surface area contributed by atoms with E-state index in [2.05, 4.69) is 5.32 Å². The summed E-state index contributed by atoms with van der Waals surface area (Å²) in [5, 5.41) is 12.8. The van der Waals surface area contributed by atoms with E-state index in [1.165, 1.54) is 0 Å². The summed E-state index contributed by atoms with van der Waals surface area (Å²) in [6, 6.07) is 5.06. The van der Waals surface area contributed by atoms with Gasteiger partial charge >= 0.3 is 0 Å². The fourth-order valence-corrected chi connectivity index (χ4v) is 2.42. The van der Waals surface area contributed by atoms with Crippen LogP contribution in [0.3, 0.4) is 0 Å². The lowest BCUT2D eigenvalue weighted by Crippen LogP contribution is -2.44. The number of anilines is 1. The fourth-order valence-electron chi connectivity index (χ4n) is 2.42. The van der Waals surface area contributed by atoms with Gasteiger partial charge in [-0.1, -0.05) is 6.07 Å². The first kappa shape index (κ1) is 12.9. The molecule has 1 amide bonds. The number of hydrogen-bond acceptors (Lipinski definition) is 3. The van der Waals surface area contributed by atoms with Gasteiger partial charge in [-0.05, 0) is 44.9 Å². The van der Waals surface area contributed by atoms with Gasteiger partial charge in [0.2, 0.25) is 5.91 Å². The lowest BCUT2D eigenvalue weighted by Gasteiger charge is -2.26. The number of phenols is 1. The summed E-state index contributed by atoms with van der Waals surface area (Å²) in [7, 11) is 0. The van der Waals surface area contributed by atoms with E-state index in [4.69, 9.17) is 0 Å². The molecule has 0 aliphatic carbocycles. The molecule has 1 aromatic carbocycles. The molecule has 98 valence electrons. The number of nitrogens with one attached hydrogen (secondary N) is 1. The molecule has 0 radical (unpaired) electrons. The Balaban J connectivity index is 2.26. The third-order valence-electron chi connectivity index (χ3n) is 3.42. The normalized spacial score (nSPS) is 18.9. The van der Waals surface area contributed by atoms with Gasteiger partial charge in [0.15, 0.2) is 0 Å². The maximum absolute atomic E-state index is 12.4. The molecule has 1 aliphatic rings. The highest BCUT2D eigenvalue weighted by Gasteiger charge is 2.27. The zero-order valence-electron chi connectivity index (χ0n) is 10.9. The molecule has 1 saturated heterocycles. The molecule has 0 unspecified atom stereocenters. The molecule has 1 fully saturated rings. The number of carbonyl (C=O) groups is 1. The predicted molar refractivity (Wildman–Crippen MR) is 71.9 cm³/mol. The number of amides is 1. The van der Waals surface area contributed by atoms with Crippen molar-refractivity contribution < 1.29 is 9.90 Å². The Morgan fingerprint density at radius 1 is 1.56 bits per heavy atom. The number of aryl methyl sites for hydroxylation is 1. The van der Waals surface area contributed by atoms with E-state index in [9.17, 15) is 9.90 Å². The molecule has 0 bridgehead atoms. The monoisotopic (exact) mass is 248 g/mol. The Kier molecular flexibility index (Phi) is 3.87. The average Bonchev–Trinajstić information content (AvgIpc) is 2.88. The van der Waals surface area contributed by atoms with E-state index in [0.29, 0.717) is 6.54 Å². The van der Waals surface area contributed by atoms with Crippen LogP contribution in [0.15, 0.2) is 18.2 Å². The molecule has 1 aromatic rings. The lowest BCUT2D eigenvalue weighted by molar-refractivity contribution is -0.120. The number of rotatable bonds is 3. The zero-order chi connectivity index (χ0) is 13.1. The molecule has 0 aromatic heterocycles. The van der Waals surface area contributed by atoms with E-state index >= 15 is 0 Å². The van der Waals surface area contributed by atoms with Gasteiger partial charge in [0, 0.05) is 12.6 Å². The second-order valence-electron chi connectivity index (χ2n) is 4.70. The molecule has 0 spiro atoms. The van der Waals surface area contributed by atoms with Crippen molar-refractivity contribution in [3.63, 3.8) is 0 Å². The van der Waals surface area contributed by atoms with Gasteiger partial charge < -0.3 is 15.3 Å². The van der Waals surface area contributed by atoms with Gasteiger partial charge in [0.05, 0.1) is 11.7 Å². The van der Waals surface area contributed by atoms with Gasteiger partial charge in [-0.2, -0.15) is 0 Å². The second-order valence-corrected chi connectivity index (χ2v) is 4.70. The summed E-state index contributed by atoms with van der Waals surface area (Å²) in [6.07, 6.45) is 1.94. The van der Waals surface area contributed by atoms with Crippen LogP contribution in [0, 0.1) is 6.92 Å². The quantitative estimate of drug-likeness (QED) is 0.857. The Bertz CT molecular complexity index is 439. The van der Waals surface area contributed by atoms with Crippen LogP contribution in [0.2, 0.25) is 0 Å². The highest BCUT2D eigenvalue weighted by molar-refractivity contribution is 5.98. The Labute approximate surface area is 108 Å². The third-order valence-corrected chi connectivity index (χ3v) is 3.42. The Morgan fingerprint density at radius 3 is 2.94 bits per heavy atom. The first-order valence-corrected chi connectivity index (χ1v) is 6.48. The molecule has 4 nitrogen and oxygen atoms in total. The van der Waals surface area contributed by atoms with E-state index in [1.54, 1.807) is 17.0 Å². The number of likely N-dealkylation sites (N-methyl/N-ethyl adjacent to an activating group) is 1. The largest absolute Gasteiger partial charge is 0.508 e. The van der Waals surface area contributed by atoms with E-state index in [-0.39, 0.29) is 17.7 Å². The van der Waals surface area contributed by atoms with Gasteiger partial charge in [-0.15, -0.1) is 0 Å². The van der Waals surface area contributed by atoms with Gasteiger partial charge in [-0.25, -0.2) is 0 Å². The van der Waals surface area contributed by atoms with Crippen molar-refractivity contribution in [1.29, 1.82) is 0 Å². The molecule has 1 atom stereocenters. The smallest absolute Gasteiger partial charge is 0.244 e. The van der Waals surface area contributed by atoms with Gasteiger partial charge in [-0.3, -0.25) is 4.79 Å². The third kappa shape index (κ3) is 2.48. The summed E-state index contributed by atoms with van der Waals surface area (Å²) < 4.78 is 0. The zero-order valence-corrected chi connectivity index (χ0v) is 10.9. The molecule has 1 aliphatic heterocycles.